The summed E-state index contributed by atoms with van der Waals surface area (Å²) in [5.74, 6) is -0.0107. The largest absolute Gasteiger partial charge is 0.326 e. The first-order valence-corrected chi connectivity index (χ1v) is 9.32. The van der Waals surface area contributed by atoms with Gasteiger partial charge in [-0.2, -0.15) is 0 Å². The first kappa shape index (κ1) is 16.9. The van der Waals surface area contributed by atoms with E-state index in [9.17, 15) is 4.79 Å². The van der Waals surface area contributed by atoms with Crippen LogP contribution in [0.5, 0.6) is 0 Å². The third-order valence-electron chi connectivity index (χ3n) is 3.63. The monoisotopic (exact) mass is 400 g/mol. The maximum Gasteiger partial charge on any atom is 0.226 e. The van der Waals surface area contributed by atoms with E-state index in [1.165, 1.54) is 0 Å². The Kier molecular flexibility index (Phi) is 5.11. The predicted molar refractivity (Wildman–Crippen MR) is 104 cm³/mol. The molecule has 122 valence electrons. The second-order valence-electron chi connectivity index (χ2n) is 5.75. The van der Waals surface area contributed by atoms with Crippen molar-refractivity contribution in [1.82, 2.24) is 4.98 Å². The zero-order valence-corrected chi connectivity index (χ0v) is 15.8. The van der Waals surface area contributed by atoms with Crippen molar-refractivity contribution >= 4 is 38.9 Å². The zero-order valence-electron chi connectivity index (χ0n) is 13.4. The summed E-state index contributed by atoms with van der Waals surface area (Å²) in [6, 6.07) is 14.1. The summed E-state index contributed by atoms with van der Waals surface area (Å²) in [6.45, 7) is 3.76. The summed E-state index contributed by atoms with van der Waals surface area (Å²) in [6.07, 6.45) is 1.81. The minimum atomic E-state index is -0.0335. The number of anilines is 1. The highest BCUT2D eigenvalue weighted by Crippen LogP contribution is 2.34. The number of amides is 1. The summed E-state index contributed by atoms with van der Waals surface area (Å²) in [7, 11) is 0. The average molecular weight is 401 g/mol. The third-order valence-corrected chi connectivity index (χ3v) is 5.15. The van der Waals surface area contributed by atoms with Gasteiger partial charge in [-0.3, -0.25) is 4.79 Å². The van der Waals surface area contributed by atoms with E-state index < -0.39 is 0 Å². The van der Waals surface area contributed by atoms with E-state index in [0.29, 0.717) is 0 Å². The SMILES string of the molecule is CC(C)C(=O)Nc1ccc(-c2cc(-c3nccs3)ccc2Br)cc1. The molecule has 1 heterocycles. The Morgan fingerprint density at radius 1 is 1.12 bits per heavy atom. The molecule has 3 nitrogen and oxygen atoms in total. The molecule has 0 aliphatic carbocycles. The van der Waals surface area contributed by atoms with Gasteiger partial charge < -0.3 is 5.32 Å². The summed E-state index contributed by atoms with van der Waals surface area (Å²) >= 11 is 5.25. The fourth-order valence-electron chi connectivity index (χ4n) is 2.27. The number of nitrogens with zero attached hydrogens (tertiary/aromatic N) is 1. The molecule has 0 aliphatic rings. The van der Waals surface area contributed by atoms with Gasteiger partial charge in [0.25, 0.3) is 0 Å². The van der Waals surface area contributed by atoms with Gasteiger partial charge in [0.2, 0.25) is 5.91 Å². The number of rotatable bonds is 4. The van der Waals surface area contributed by atoms with Gasteiger partial charge in [0.1, 0.15) is 5.01 Å². The lowest BCUT2D eigenvalue weighted by Crippen LogP contribution is -2.17. The number of benzene rings is 2. The van der Waals surface area contributed by atoms with E-state index in [2.05, 4.69) is 38.4 Å². The van der Waals surface area contributed by atoms with E-state index in [1.807, 2.05) is 55.8 Å². The Labute approximate surface area is 153 Å². The molecule has 3 aromatic rings. The minimum absolute atomic E-state index is 0.0229. The van der Waals surface area contributed by atoms with Crippen molar-refractivity contribution < 1.29 is 4.79 Å². The molecule has 0 radical (unpaired) electrons. The van der Waals surface area contributed by atoms with Gasteiger partial charge in [0.15, 0.2) is 0 Å². The lowest BCUT2D eigenvalue weighted by molar-refractivity contribution is -0.118. The molecule has 0 unspecified atom stereocenters. The molecular formula is C19H17BrN2OS. The van der Waals surface area contributed by atoms with Crippen LogP contribution >= 0.6 is 27.3 Å². The van der Waals surface area contributed by atoms with Crippen LogP contribution < -0.4 is 5.32 Å². The molecule has 0 bridgehead atoms. The topological polar surface area (TPSA) is 42.0 Å². The van der Waals surface area contributed by atoms with Gasteiger partial charge in [-0.15, -0.1) is 11.3 Å². The van der Waals surface area contributed by atoms with Crippen LogP contribution in [-0.4, -0.2) is 10.9 Å². The first-order chi connectivity index (χ1) is 11.5. The Balaban J connectivity index is 1.89. The molecule has 0 saturated carbocycles. The highest BCUT2D eigenvalue weighted by atomic mass is 79.9. The van der Waals surface area contributed by atoms with Gasteiger partial charge in [-0.1, -0.05) is 48.0 Å². The van der Waals surface area contributed by atoms with Gasteiger partial charge in [0, 0.05) is 33.2 Å². The first-order valence-electron chi connectivity index (χ1n) is 7.65. The maximum atomic E-state index is 11.8. The Morgan fingerprint density at radius 3 is 2.46 bits per heavy atom. The van der Waals surface area contributed by atoms with Gasteiger partial charge in [-0.05, 0) is 35.4 Å². The van der Waals surface area contributed by atoms with Crippen LogP contribution in [0.4, 0.5) is 5.69 Å². The lowest BCUT2D eigenvalue weighted by Gasteiger charge is -2.10. The van der Waals surface area contributed by atoms with Crippen molar-refractivity contribution in [2.24, 2.45) is 5.92 Å². The quantitative estimate of drug-likeness (QED) is 0.597. The second kappa shape index (κ2) is 7.28. The van der Waals surface area contributed by atoms with Gasteiger partial charge >= 0.3 is 0 Å². The number of halogens is 1. The molecule has 0 aliphatic heterocycles. The molecule has 0 spiro atoms. The van der Waals surface area contributed by atoms with Crippen molar-refractivity contribution in [2.75, 3.05) is 5.32 Å². The number of hydrogen-bond acceptors (Lipinski definition) is 3. The fraction of sp³-hybridized carbons (Fsp3) is 0.158. The zero-order chi connectivity index (χ0) is 17.1. The number of aromatic nitrogens is 1. The molecule has 0 atom stereocenters. The number of thiazole rings is 1. The molecule has 1 N–H and O–H groups in total. The maximum absolute atomic E-state index is 11.8. The lowest BCUT2D eigenvalue weighted by atomic mass is 10.0. The van der Waals surface area contributed by atoms with Crippen molar-refractivity contribution in [1.29, 1.82) is 0 Å². The van der Waals surface area contributed by atoms with Crippen LogP contribution in [-0.2, 0) is 4.79 Å². The number of nitrogens with one attached hydrogen (secondary N) is 1. The molecule has 5 heteroatoms. The number of hydrogen-bond donors (Lipinski definition) is 1. The van der Waals surface area contributed by atoms with Gasteiger partial charge in [0.05, 0.1) is 0 Å². The predicted octanol–water partition coefficient (Wildman–Crippen LogP) is 5.83. The molecule has 1 amide bonds. The normalized spacial score (nSPS) is 10.8. The Bertz CT molecular complexity index is 842. The smallest absolute Gasteiger partial charge is 0.226 e. The summed E-state index contributed by atoms with van der Waals surface area (Å²) in [5.41, 5.74) is 4.09. The highest BCUT2D eigenvalue weighted by molar-refractivity contribution is 9.10. The molecule has 24 heavy (non-hydrogen) atoms. The Hall–Kier alpha value is -1.98. The van der Waals surface area contributed by atoms with E-state index in [1.54, 1.807) is 11.3 Å². The molecule has 2 aromatic carbocycles. The van der Waals surface area contributed by atoms with Crippen LogP contribution in [0.1, 0.15) is 13.8 Å². The fourth-order valence-corrected chi connectivity index (χ4v) is 3.38. The molecule has 3 rings (SSSR count). The third kappa shape index (κ3) is 3.74. The standard InChI is InChI=1S/C19H17BrN2OS/c1-12(2)18(23)22-15-6-3-13(4-7-15)16-11-14(5-8-17(16)20)19-21-9-10-24-19/h3-12H,1-2H3,(H,22,23). The van der Waals surface area contributed by atoms with Crippen molar-refractivity contribution in [3.05, 3.63) is 58.5 Å². The van der Waals surface area contributed by atoms with Crippen LogP contribution in [0.3, 0.4) is 0 Å². The summed E-state index contributed by atoms with van der Waals surface area (Å²) < 4.78 is 1.03. The molecular weight excluding hydrogens is 384 g/mol. The van der Waals surface area contributed by atoms with Crippen LogP contribution in [0.15, 0.2) is 58.5 Å². The Morgan fingerprint density at radius 2 is 1.83 bits per heavy atom. The highest BCUT2D eigenvalue weighted by Gasteiger charge is 2.09. The number of carbonyl (C=O) groups excluding carboxylic acids is 1. The van der Waals surface area contributed by atoms with Crippen LogP contribution in [0.2, 0.25) is 0 Å². The number of carbonyl (C=O) groups is 1. The second-order valence-corrected chi connectivity index (χ2v) is 7.50. The van der Waals surface area contributed by atoms with Crippen LogP contribution in [0.25, 0.3) is 21.7 Å². The minimum Gasteiger partial charge on any atom is -0.326 e. The average Bonchev–Trinajstić information content (AvgIpc) is 3.10. The molecule has 0 saturated heterocycles. The van der Waals surface area contributed by atoms with Crippen LogP contribution in [0, 0.1) is 5.92 Å². The van der Waals surface area contributed by atoms with Crippen molar-refractivity contribution in [2.45, 2.75) is 13.8 Å². The summed E-state index contributed by atoms with van der Waals surface area (Å²) in [5, 5.41) is 5.89. The van der Waals surface area contributed by atoms with Crippen molar-refractivity contribution in [3.8, 4) is 21.7 Å². The van der Waals surface area contributed by atoms with E-state index in [4.69, 9.17) is 0 Å². The molecule has 0 fully saturated rings. The molecule has 1 aromatic heterocycles. The van der Waals surface area contributed by atoms with E-state index in [-0.39, 0.29) is 11.8 Å². The van der Waals surface area contributed by atoms with E-state index >= 15 is 0 Å². The summed E-state index contributed by atoms with van der Waals surface area (Å²) in [4.78, 5) is 16.1. The van der Waals surface area contributed by atoms with Gasteiger partial charge in [-0.25, -0.2) is 4.98 Å². The van der Waals surface area contributed by atoms with E-state index in [0.717, 1.165) is 31.9 Å². The van der Waals surface area contributed by atoms with Crippen molar-refractivity contribution in [3.63, 3.8) is 0 Å².